The molecule has 13 nitrogen and oxygen atoms in total. The summed E-state index contributed by atoms with van der Waals surface area (Å²) >= 11 is 0. The summed E-state index contributed by atoms with van der Waals surface area (Å²) in [6, 6.07) is 18.3. The van der Waals surface area contributed by atoms with E-state index in [0.29, 0.717) is 40.3 Å². The zero-order valence-electron chi connectivity index (χ0n) is 28.5. The molecule has 53 heavy (non-hydrogen) atoms. The molecule has 2 aliphatic heterocycles. The van der Waals surface area contributed by atoms with Crippen LogP contribution in [0.5, 0.6) is 0 Å². The number of benzene rings is 2. The van der Waals surface area contributed by atoms with Crippen molar-refractivity contribution in [2.45, 2.75) is 30.1 Å². The summed E-state index contributed by atoms with van der Waals surface area (Å²) in [6.45, 7) is 0. The lowest BCUT2D eigenvalue weighted by Gasteiger charge is -2.20. The number of halogens is 2. The van der Waals surface area contributed by atoms with E-state index in [-0.39, 0.29) is 52.7 Å². The maximum Gasteiger partial charge on any atom is 0.258 e. The number of nitrogens with zero attached hydrogens (tertiary/aromatic N) is 6. The van der Waals surface area contributed by atoms with Crippen LogP contribution in [-0.2, 0) is 22.7 Å². The Morgan fingerprint density at radius 2 is 1.13 bits per heavy atom. The van der Waals surface area contributed by atoms with Crippen molar-refractivity contribution in [2.24, 2.45) is 0 Å². The number of furan rings is 2. The summed E-state index contributed by atoms with van der Waals surface area (Å²) in [5, 5.41) is -0.403. The van der Waals surface area contributed by atoms with Gasteiger partial charge in [0.15, 0.2) is 11.5 Å². The Morgan fingerprint density at radius 3 is 1.57 bits per heavy atom. The Balaban J connectivity index is 0.000000165. The van der Waals surface area contributed by atoms with E-state index in [2.05, 4.69) is 19.9 Å². The summed E-state index contributed by atoms with van der Waals surface area (Å²) in [5.41, 5.74) is 8.50. The fourth-order valence-corrected chi connectivity index (χ4v) is 6.94. The van der Waals surface area contributed by atoms with Crippen molar-refractivity contribution >= 4 is 27.6 Å². The molecule has 0 bridgehead atoms. The van der Waals surface area contributed by atoms with Gasteiger partial charge in [0.25, 0.3) is 11.8 Å². The first-order valence-corrected chi connectivity index (χ1v) is 18.1. The molecule has 0 saturated heterocycles. The second-order valence-corrected chi connectivity index (χ2v) is 14.4. The number of fused-ring (bicyclic) bond motifs is 2. The van der Waals surface area contributed by atoms with Gasteiger partial charge < -0.3 is 24.4 Å². The van der Waals surface area contributed by atoms with Crippen LogP contribution in [0.1, 0.15) is 55.3 Å². The third-order valence-corrected chi connectivity index (χ3v) is 9.93. The SMILES string of the molecule is CN1C(=O)c2c(-c3ccco3)nc(N)nc2C1Cc1ccccc1F.CN1C(=O)c2c(-c3ccco3)nc(S(C)(=O)=O)nc2C1Cc1ccccc1F. The van der Waals surface area contributed by atoms with E-state index in [1.807, 2.05) is 0 Å². The Hall–Kier alpha value is -6.29. The molecule has 16 heteroatoms. The number of sulfone groups is 1. The van der Waals surface area contributed by atoms with Gasteiger partial charge in [0.2, 0.25) is 20.9 Å². The topological polar surface area (TPSA) is 179 Å². The summed E-state index contributed by atoms with van der Waals surface area (Å²) < 4.78 is 63.2. The molecule has 2 amide bonds. The molecule has 6 aromatic rings. The predicted octanol–water partition coefficient (Wildman–Crippen LogP) is 5.48. The largest absolute Gasteiger partial charge is 0.463 e. The molecule has 2 aliphatic rings. The van der Waals surface area contributed by atoms with Crippen LogP contribution in [0.15, 0.2) is 99.3 Å². The van der Waals surface area contributed by atoms with Gasteiger partial charge in [-0.05, 0) is 47.5 Å². The maximum atomic E-state index is 14.2. The van der Waals surface area contributed by atoms with E-state index in [1.54, 1.807) is 74.8 Å². The molecule has 8 rings (SSSR count). The van der Waals surface area contributed by atoms with E-state index < -0.39 is 32.9 Å². The Labute approximate surface area is 302 Å². The summed E-state index contributed by atoms with van der Waals surface area (Å²) in [4.78, 5) is 45.4. The van der Waals surface area contributed by atoms with E-state index in [4.69, 9.17) is 14.6 Å². The van der Waals surface area contributed by atoms with E-state index in [0.717, 1.165) is 6.26 Å². The number of rotatable bonds is 7. The van der Waals surface area contributed by atoms with Crippen molar-refractivity contribution in [1.82, 2.24) is 29.7 Å². The van der Waals surface area contributed by atoms with Crippen LogP contribution in [0.4, 0.5) is 14.7 Å². The number of likely N-dealkylation sites (N-methyl/N-ethyl adjacent to an activating group) is 2. The molecule has 2 unspecified atom stereocenters. The lowest BCUT2D eigenvalue weighted by molar-refractivity contribution is 0.0765. The van der Waals surface area contributed by atoms with Crippen molar-refractivity contribution in [3.05, 3.63) is 131 Å². The molecule has 4 aromatic heterocycles. The third kappa shape index (κ3) is 6.52. The van der Waals surface area contributed by atoms with Crippen molar-refractivity contribution in [2.75, 3.05) is 26.1 Å². The van der Waals surface area contributed by atoms with Gasteiger partial charge in [-0.3, -0.25) is 9.59 Å². The van der Waals surface area contributed by atoms with Gasteiger partial charge >= 0.3 is 0 Å². The molecule has 2 atom stereocenters. The van der Waals surface area contributed by atoms with Gasteiger partial charge in [-0.2, -0.15) is 0 Å². The molecule has 0 spiro atoms. The number of hydrogen-bond donors (Lipinski definition) is 1. The predicted molar refractivity (Wildman–Crippen MR) is 187 cm³/mol. The van der Waals surface area contributed by atoms with Crippen LogP contribution < -0.4 is 5.73 Å². The van der Waals surface area contributed by atoms with Gasteiger partial charge in [-0.15, -0.1) is 0 Å². The Morgan fingerprint density at radius 1 is 0.679 bits per heavy atom. The standard InChI is InChI=1S/C19H16FN3O4S.C18H15FN4O2/c1-23-13(10-11-6-3-4-7-12(11)20)16-15(18(23)24)17(14-8-5-9-27-14)22-19(21-16)28(2,25)26;1-23-12(9-10-5-2-3-6-11(10)19)15-14(17(23)24)16(22-18(20)21-15)13-7-4-8-25-13/h3-9,13H,10H2,1-2H3;2-8,12H,9H2,1H3,(H2,20,21,22). The number of nitrogen functional groups attached to an aromatic ring is 1. The Kier molecular flexibility index (Phi) is 9.07. The molecule has 2 N–H and O–H groups in total. The van der Waals surface area contributed by atoms with Gasteiger partial charge in [-0.1, -0.05) is 36.4 Å². The van der Waals surface area contributed by atoms with Crippen LogP contribution >= 0.6 is 0 Å². The number of carbonyl (C=O) groups is 2. The minimum absolute atomic E-state index is 0.0479. The van der Waals surface area contributed by atoms with Crippen molar-refractivity contribution in [3.8, 4) is 22.9 Å². The lowest BCUT2D eigenvalue weighted by Crippen LogP contribution is -2.25. The highest BCUT2D eigenvalue weighted by atomic mass is 32.2. The quantitative estimate of drug-likeness (QED) is 0.205. The third-order valence-electron chi connectivity index (χ3n) is 9.09. The average Bonchev–Trinajstić information content (AvgIpc) is 3.94. The first-order chi connectivity index (χ1) is 25.3. The first-order valence-electron chi connectivity index (χ1n) is 16.2. The minimum atomic E-state index is -3.75. The normalized spacial score (nSPS) is 16.4. The smallest absolute Gasteiger partial charge is 0.258 e. The van der Waals surface area contributed by atoms with E-state index in [9.17, 15) is 26.8 Å². The highest BCUT2D eigenvalue weighted by Crippen LogP contribution is 2.40. The summed E-state index contributed by atoms with van der Waals surface area (Å²) in [6.07, 6.45) is 4.35. The minimum Gasteiger partial charge on any atom is -0.463 e. The molecular weight excluding hydrogens is 709 g/mol. The number of anilines is 1. The monoisotopic (exact) mass is 739 g/mol. The van der Waals surface area contributed by atoms with Crippen LogP contribution in [-0.4, -0.2) is 70.3 Å². The number of aromatic nitrogens is 4. The van der Waals surface area contributed by atoms with Crippen LogP contribution in [0.2, 0.25) is 0 Å². The Bertz CT molecular complexity index is 2480. The fraction of sp³-hybridized carbons (Fsp3) is 0.189. The number of carbonyl (C=O) groups excluding carboxylic acids is 2. The lowest BCUT2D eigenvalue weighted by atomic mass is 10.0. The number of nitrogens with two attached hydrogens (primary N) is 1. The van der Waals surface area contributed by atoms with Crippen LogP contribution in [0.3, 0.4) is 0 Å². The highest BCUT2D eigenvalue weighted by Gasteiger charge is 2.42. The maximum absolute atomic E-state index is 14.2. The number of hydrogen-bond acceptors (Lipinski definition) is 11. The van der Waals surface area contributed by atoms with Gasteiger partial charge in [-0.25, -0.2) is 37.1 Å². The van der Waals surface area contributed by atoms with Crippen molar-refractivity contribution in [3.63, 3.8) is 0 Å². The van der Waals surface area contributed by atoms with E-state index >= 15 is 0 Å². The van der Waals surface area contributed by atoms with Gasteiger partial charge in [0, 0.05) is 33.2 Å². The molecule has 2 aromatic carbocycles. The molecule has 0 fully saturated rings. The second-order valence-electron chi connectivity index (χ2n) is 12.5. The zero-order valence-corrected chi connectivity index (χ0v) is 29.3. The number of amides is 2. The summed E-state index contributed by atoms with van der Waals surface area (Å²) in [7, 11) is -0.510. The van der Waals surface area contributed by atoms with E-state index in [1.165, 1.54) is 34.5 Å². The van der Waals surface area contributed by atoms with Gasteiger partial charge in [0.1, 0.15) is 23.0 Å². The summed E-state index contributed by atoms with van der Waals surface area (Å²) in [5.74, 6) is -0.571. The molecular formula is C37H31F2N7O6S. The second kappa shape index (κ2) is 13.7. The molecule has 0 aliphatic carbocycles. The average molecular weight is 740 g/mol. The highest BCUT2D eigenvalue weighted by molar-refractivity contribution is 7.90. The molecule has 270 valence electrons. The zero-order chi connectivity index (χ0) is 37.6. The van der Waals surface area contributed by atoms with Crippen LogP contribution in [0, 0.1) is 11.6 Å². The van der Waals surface area contributed by atoms with Gasteiger partial charge in [0.05, 0.1) is 47.1 Å². The molecule has 0 radical (unpaired) electrons. The van der Waals surface area contributed by atoms with Crippen LogP contribution in [0.25, 0.3) is 22.9 Å². The van der Waals surface area contributed by atoms with Crippen molar-refractivity contribution < 1.29 is 35.6 Å². The molecule has 0 saturated carbocycles. The van der Waals surface area contributed by atoms with Crippen molar-refractivity contribution in [1.29, 1.82) is 0 Å². The first kappa shape index (κ1) is 35.1. The molecule has 6 heterocycles. The fourth-order valence-electron chi connectivity index (χ4n) is 6.42.